The Bertz CT molecular complexity index is 334. The molecule has 1 atom stereocenters. The van der Waals surface area contributed by atoms with Crippen LogP contribution in [0.3, 0.4) is 0 Å². The normalized spacial score (nSPS) is 20.8. The predicted octanol–water partition coefficient (Wildman–Crippen LogP) is 2.43. The van der Waals surface area contributed by atoms with Crippen LogP contribution in [0.15, 0.2) is 18.3 Å². The number of hydrogen-bond acceptors (Lipinski definition) is 3. The summed E-state index contributed by atoms with van der Waals surface area (Å²) < 4.78 is 5.36. The zero-order valence-electron chi connectivity index (χ0n) is 10.3. The summed E-state index contributed by atoms with van der Waals surface area (Å²) in [5.74, 6) is 0.499. The van der Waals surface area contributed by atoms with E-state index in [1.807, 2.05) is 6.20 Å². The van der Waals surface area contributed by atoms with Gasteiger partial charge < -0.3 is 9.64 Å². The molecule has 1 aliphatic heterocycles. The maximum absolute atomic E-state index is 5.36. The number of ether oxygens (including phenoxy) is 1. The van der Waals surface area contributed by atoms with Crippen LogP contribution in [0.4, 0.5) is 5.69 Å². The summed E-state index contributed by atoms with van der Waals surface area (Å²) >= 11 is 0. The lowest BCUT2D eigenvalue weighted by molar-refractivity contribution is 0.121. The third-order valence-corrected chi connectivity index (χ3v) is 3.21. The van der Waals surface area contributed by atoms with Gasteiger partial charge in [-0.15, -0.1) is 0 Å². The molecule has 0 saturated carbocycles. The Labute approximate surface area is 97.4 Å². The fourth-order valence-corrected chi connectivity index (χ4v) is 2.08. The average molecular weight is 220 g/mol. The Morgan fingerprint density at radius 3 is 2.75 bits per heavy atom. The third kappa shape index (κ3) is 2.35. The number of rotatable bonds is 3. The standard InChI is InChI=1S/C13H20N2O/c1-10(2)13-5-4-11(8-14-13)15-7-6-12(9-15)16-3/h4-5,8,10,12H,6-7,9H2,1-3H3. The first kappa shape index (κ1) is 11.4. The van der Waals surface area contributed by atoms with E-state index in [4.69, 9.17) is 4.74 Å². The topological polar surface area (TPSA) is 25.4 Å². The van der Waals surface area contributed by atoms with Crippen molar-refractivity contribution in [2.75, 3.05) is 25.1 Å². The monoisotopic (exact) mass is 220 g/mol. The van der Waals surface area contributed by atoms with Crippen molar-refractivity contribution < 1.29 is 4.74 Å². The molecule has 1 aliphatic rings. The molecule has 0 N–H and O–H groups in total. The van der Waals surface area contributed by atoms with Gasteiger partial charge in [0.15, 0.2) is 0 Å². The van der Waals surface area contributed by atoms with Crippen molar-refractivity contribution in [3.63, 3.8) is 0 Å². The van der Waals surface area contributed by atoms with Gasteiger partial charge in [-0.25, -0.2) is 0 Å². The predicted molar refractivity (Wildman–Crippen MR) is 66.0 cm³/mol. The van der Waals surface area contributed by atoms with Crippen molar-refractivity contribution in [2.45, 2.75) is 32.3 Å². The molecule has 1 unspecified atom stereocenters. The van der Waals surface area contributed by atoms with Crippen molar-refractivity contribution >= 4 is 5.69 Å². The van der Waals surface area contributed by atoms with Gasteiger partial charge in [-0.05, 0) is 24.5 Å². The van der Waals surface area contributed by atoms with Gasteiger partial charge in [0.25, 0.3) is 0 Å². The van der Waals surface area contributed by atoms with E-state index >= 15 is 0 Å². The fraction of sp³-hybridized carbons (Fsp3) is 0.615. The molecule has 0 aromatic carbocycles. The van der Waals surface area contributed by atoms with Crippen molar-refractivity contribution in [3.05, 3.63) is 24.0 Å². The van der Waals surface area contributed by atoms with E-state index in [0.717, 1.165) is 25.2 Å². The van der Waals surface area contributed by atoms with Gasteiger partial charge in [0.05, 0.1) is 18.0 Å². The first-order valence-corrected chi connectivity index (χ1v) is 5.94. The lowest BCUT2D eigenvalue weighted by Gasteiger charge is -2.18. The fourth-order valence-electron chi connectivity index (χ4n) is 2.08. The number of anilines is 1. The summed E-state index contributed by atoms with van der Waals surface area (Å²) in [5, 5.41) is 0. The number of pyridine rings is 1. The highest BCUT2D eigenvalue weighted by Gasteiger charge is 2.22. The molecule has 16 heavy (non-hydrogen) atoms. The van der Waals surface area contributed by atoms with Gasteiger partial charge in [0.2, 0.25) is 0 Å². The molecule has 0 spiro atoms. The summed E-state index contributed by atoms with van der Waals surface area (Å²) in [4.78, 5) is 6.83. The van der Waals surface area contributed by atoms with Crippen molar-refractivity contribution in [3.8, 4) is 0 Å². The number of aromatic nitrogens is 1. The Morgan fingerprint density at radius 2 is 2.25 bits per heavy atom. The second-order valence-corrected chi connectivity index (χ2v) is 4.69. The molecule has 0 radical (unpaired) electrons. The van der Waals surface area contributed by atoms with Gasteiger partial charge in [-0.1, -0.05) is 13.8 Å². The molecule has 3 heteroatoms. The van der Waals surface area contributed by atoms with Crippen LogP contribution in [-0.4, -0.2) is 31.3 Å². The van der Waals surface area contributed by atoms with Crippen molar-refractivity contribution in [2.24, 2.45) is 0 Å². The van der Waals surface area contributed by atoms with Crippen molar-refractivity contribution in [1.29, 1.82) is 0 Å². The average Bonchev–Trinajstić information content (AvgIpc) is 2.77. The maximum atomic E-state index is 5.36. The first-order chi connectivity index (χ1) is 7.70. The minimum Gasteiger partial charge on any atom is -0.380 e. The van der Waals surface area contributed by atoms with Crippen LogP contribution in [0.25, 0.3) is 0 Å². The van der Waals surface area contributed by atoms with E-state index < -0.39 is 0 Å². The van der Waals surface area contributed by atoms with E-state index in [1.165, 1.54) is 5.69 Å². The summed E-state index contributed by atoms with van der Waals surface area (Å²) in [6, 6.07) is 4.29. The Kier molecular flexibility index (Phi) is 3.44. The Balaban J connectivity index is 2.05. The lowest BCUT2D eigenvalue weighted by Crippen LogP contribution is -2.22. The molecular weight excluding hydrogens is 200 g/mol. The van der Waals surface area contributed by atoms with Crippen LogP contribution in [0.2, 0.25) is 0 Å². The van der Waals surface area contributed by atoms with Crippen LogP contribution in [0.1, 0.15) is 31.9 Å². The third-order valence-electron chi connectivity index (χ3n) is 3.21. The van der Waals surface area contributed by atoms with Crippen LogP contribution in [0, 0.1) is 0 Å². The highest BCUT2D eigenvalue weighted by atomic mass is 16.5. The molecule has 1 saturated heterocycles. The van der Waals surface area contributed by atoms with Crippen LogP contribution >= 0.6 is 0 Å². The molecule has 1 fully saturated rings. The minimum absolute atomic E-state index is 0.379. The second kappa shape index (κ2) is 4.83. The summed E-state index contributed by atoms with van der Waals surface area (Å²) in [7, 11) is 1.79. The molecule has 3 nitrogen and oxygen atoms in total. The molecule has 0 bridgehead atoms. The lowest BCUT2D eigenvalue weighted by atomic mass is 10.1. The highest BCUT2D eigenvalue weighted by Crippen LogP contribution is 2.22. The molecule has 88 valence electrons. The quantitative estimate of drug-likeness (QED) is 0.782. The second-order valence-electron chi connectivity index (χ2n) is 4.69. The molecular formula is C13H20N2O. The van der Waals surface area contributed by atoms with E-state index in [-0.39, 0.29) is 0 Å². The van der Waals surface area contributed by atoms with E-state index in [0.29, 0.717) is 12.0 Å². The highest BCUT2D eigenvalue weighted by molar-refractivity contribution is 5.46. The zero-order valence-corrected chi connectivity index (χ0v) is 10.3. The molecule has 0 amide bonds. The molecule has 2 rings (SSSR count). The molecule has 1 aromatic heterocycles. The largest absolute Gasteiger partial charge is 0.380 e. The van der Waals surface area contributed by atoms with E-state index in [2.05, 4.69) is 35.9 Å². The maximum Gasteiger partial charge on any atom is 0.0762 e. The van der Waals surface area contributed by atoms with Gasteiger partial charge in [0, 0.05) is 25.9 Å². The summed E-state index contributed by atoms with van der Waals surface area (Å²) in [6.45, 7) is 6.39. The van der Waals surface area contributed by atoms with Crippen LogP contribution in [0.5, 0.6) is 0 Å². The molecule has 0 aliphatic carbocycles. The van der Waals surface area contributed by atoms with E-state index in [1.54, 1.807) is 7.11 Å². The summed E-state index contributed by atoms with van der Waals surface area (Å²) in [5.41, 5.74) is 2.37. The number of nitrogens with zero attached hydrogens (tertiary/aromatic N) is 2. The SMILES string of the molecule is COC1CCN(c2ccc(C(C)C)nc2)C1. The first-order valence-electron chi connectivity index (χ1n) is 5.94. The minimum atomic E-state index is 0.379. The van der Waals surface area contributed by atoms with Crippen molar-refractivity contribution in [1.82, 2.24) is 4.98 Å². The van der Waals surface area contributed by atoms with Gasteiger partial charge in [-0.3, -0.25) is 4.98 Å². The number of hydrogen-bond donors (Lipinski definition) is 0. The Hall–Kier alpha value is -1.09. The smallest absolute Gasteiger partial charge is 0.0762 e. The molecule has 2 heterocycles. The van der Waals surface area contributed by atoms with Gasteiger partial charge >= 0.3 is 0 Å². The summed E-state index contributed by atoms with van der Waals surface area (Å²) in [6.07, 6.45) is 3.47. The Morgan fingerprint density at radius 1 is 1.44 bits per heavy atom. The van der Waals surface area contributed by atoms with Gasteiger partial charge in [0.1, 0.15) is 0 Å². The van der Waals surface area contributed by atoms with Gasteiger partial charge in [-0.2, -0.15) is 0 Å². The van der Waals surface area contributed by atoms with E-state index in [9.17, 15) is 0 Å². The van der Waals surface area contributed by atoms with Crippen LogP contribution < -0.4 is 4.90 Å². The molecule has 1 aromatic rings. The van der Waals surface area contributed by atoms with Crippen LogP contribution in [-0.2, 0) is 4.74 Å². The zero-order chi connectivity index (χ0) is 11.5. The number of methoxy groups -OCH3 is 1.